The number of carbonyl (C=O) groups excluding carboxylic acids is 1. The first-order chi connectivity index (χ1) is 12.4. The lowest BCUT2D eigenvalue weighted by Crippen LogP contribution is -2.37. The Kier molecular flexibility index (Phi) is 7.30. The van der Waals surface area contributed by atoms with Crippen molar-refractivity contribution < 1.29 is 14.3 Å². The third kappa shape index (κ3) is 5.38. The molecule has 1 N–H and O–H groups in total. The van der Waals surface area contributed by atoms with Crippen molar-refractivity contribution in [2.75, 3.05) is 34.4 Å². The van der Waals surface area contributed by atoms with Crippen molar-refractivity contribution in [2.24, 2.45) is 0 Å². The van der Waals surface area contributed by atoms with Crippen LogP contribution < -0.4 is 14.8 Å². The van der Waals surface area contributed by atoms with Crippen molar-refractivity contribution in [1.29, 1.82) is 0 Å². The van der Waals surface area contributed by atoms with Gasteiger partial charge in [0.2, 0.25) is 0 Å². The summed E-state index contributed by atoms with van der Waals surface area (Å²) in [6.07, 6.45) is 0. The van der Waals surface area contributed by atoms with Crippen LogP contribution in [0.5, 0.6) is 11.5 Å². The summed E-state index contributed by atoms with van der Waals surface area (Å²) >= 11 is 6.08. The van der Waals surface area contributed by atoms with Gasteiger partial charge in [0.15, 0.2) is 6.61 Å². The van der Waals surface area contributed by atoms with Crippen molar-refractivity contribution in [3.05, 3.63) is 58.6 Å². The number of rotatable bonds is 8. The van der Waals surface area contributed by atoms with Crippen molar-refractivity contribution in [3.63, 3.8) is 0 Å². The molecule has 6 heteroatoms. The van der Waals surface area contributed by atoms with Crippen LogP contribution in [-0.2, 0) is 4.79 Å². The third-order valence-corrected chi connectivity index (χ3v) is 4.37. The molecule has 140 valence electrons. The van der Waals surface area contributed by atoms with Crippen LogP contribution in [0.4, 0.5) is 0 Å². The number of ether oxygens (including phenoxy) is 2. The molecule has 1 unspecified atom stereocenters. The molecule has 1 amide bonds. The molecule has 0 aromatic heterocycles. The van der Waals surface area contributed by atoms with Gasteiger partial charge >= 0.3 is 0 Å². The molecule has 0 fully saturated rings. The number of methoxy groups -OCH3 is 1. The van der Waals surface area contributed by atoms with Crippen LogP contribution >= 0.6 is 11.6 Å². The molecule has 0 spiro atoms. The zero-order chi connectivity index (χ0) is 19.1. The van der Waals surface area contributed by atoms with Crippen LogP contribution in [0, 0.1) is 6.92 Å². The van der Waals surface area contributed by atoms with E-state index in [0.717, 1.165) is 16.9 Å². The van der Waals surface area contributed by atoms with Crippen LogP contribution in [0.1, 0.15) is 17.2 Å². The van der Waals surface area contributed by atoms with Gasteiger partial charge in [0.25, 0.3) is 5.91 Å². The maximum Gasteiger partial charge on any atom is 0.258 e. The second-order valence-electron chi connectivity index (χ2n) is 6.25. The predicted octanol–water partition coefficient (Wildman–Crippen LogP) is 3.45. The summed E-state index contributed by atoms with van der Waals surface area (Å²) in [5.41, 5.74) is 2.04. The SMILES string of the molecule is COc1ccccc1C(CNC(=O)COc1cc(C)ccc1Cl)N(C)C. The number of carbonyl (C=O) groups is 1. The van der Waals surface area contributed by atoms with Crippen LogP contribution in [0.2, 0.25) is 5.02 Å². The minimum atomic E-state index is -0.204. The molecule has 0 saturated heterocycles. The van der Waals surface area contributed by atoms with Gasteiger partial charge in [-0.05, 0) is 44.8 Å². The van der Waals surface area contributed by atoms with Crippen LogP contribution in [0.15, 0.2) is 42.5 Å². The Morgan fingerprint density at radius 2 is 1.92 bits per heavy atom. The van der Waals surface area contributed by atoms with E-state index in [1.807, 2.05) is 62.3 Å². The van der Waals surface area contributed by atoms with E-state index < -0.39 is 0 Å². The Morgan fingerprint density at radius 1 is 1.19 bits per heavy atom. The van der Waals surface area contributed by atoms with Crippen molar-refractivity contribution in [2.45, 2.75) is 13.0 Å². The fourth-order valence-electron chi connectivity index (χ4n) is 2.64. The van der Waals surface area contributed by atoms with Crippen LogP contribution in [-0.4, -0.2) is 45.2 Å². The number of hydrogen-bond acceptors (Lipinski definition) is 4. The molecule has 0 aliphatic heterocycles. The average Bonchev–Trinajstić information content (AvgIpc) is 2.62. The van der Waals surface area contributed by atoms with Crippen molar-refractivity contribution >= 4 is 17.5 Å². The molecule has 2 aromatic rings. The summed E-state index contributed by atoms with van der Waals surface area (Å²) in [6, 6.07) is 13.2. The average molecular weight is 377 g/mol. The van der Waals surface area contributed by atoms with E-state index in [0.29, 0.717) is 17.3 Å². The predicted molar refractivity (Wildman–Crippen MR) is 104 cm³/mol. The number of benzene rings is 2. The third-order valence-electron chi connectivity index (χ3n) is 4.06. The van der Waals surface area contributed by atoms with E-state index in [2.05, 4.69) is 5.32 Å². The molecule has 0 heterocycles. The maximum absolute atomic E-state index is 12.2. The minimum Gasteiger partial charge on any atom is -0.496 e. The van der Waals surface area contributed by atoms with Gasteiger partial charge < -0.3 is 19.7 Å². The number of hydrogen-bond donors (Lipinski definition) is 1. The monoisotopic (exact) mass is 376 g/mol. The first kappa shape index (κ1) is 20.1. The quantitative estimate of drug-likeness (QED) is 0.766. The number of para-hydroxylation sites is 1. The van der Waals surface area contributed by atoms with Gasteiger partial charge in [-0.3, -0.25) is 4.79 Å². The fourth-order valence-corrected chi connectivity index (χ4v) is 2.81. The molecule has 0 aliphatic carbocycles. The first-order valence-electron chi connectivity index (χ1n) is 8.37. The van der Waals surface area contributed by atoms with E-state index in [9.17, 15) is 4.79 Å². The Bertz CT molecular complexity index is 750. The smallest absolute Gasteiger partial charge is 0.258 e. The van der Waals surface area contributed by atoms with Gasteiger partial charge in [-0.15, -0.1) is 0 Å². The lowest BCUT2D eigenvalue weighted by Gasteiger charge is -2.26. The topological polar surface area (TPSA) is 50.8 Å². The summed E-state index contributed by atoms with van der Waals surface area (Å²) in [6.45, 7) is 2.30. The Balaban J connectivity index is 1.96. The highest BCUT2D eigenvalue weighted by Crippen LogP contribution is 2.27. The molecule has 0 bridgehead atoms. The Hall–Kier alpha value is -2.24. The fraction of sp³-hybridized carbons (Fsp3) is 0.350. The van der Waals surface area contributed by atoms with Gasteiger partial charge in [-0.1, -0.05) is 35.9 Å². The van der Waals surface area contributed by atoms with E-state index in [-0.39, 0.29) is 18.6 Å². The molecule has 0 radical (unpaired) electrons. The summed E-state index contributed by atoms with van der Waals surface area (Å²) in [4.78, 5) is 14.2. The second-order valence-corrected chi connectivity index (χ2v) is 6.66. The second kappa shape index (κ2) is 9.46. The summed E-state index contributed by atoms with van der Waals surface area (Å²) in [5.74, 6) is 1.10. The minimum absolute atomic E-state index is 0.0161. The van der Waals surface area contributed by atoms with Gasteiger partial charge in [-0.2, -0.15) is 0 Å². The molecule has 0 saturated carbocycles. The lowest BCUT2D eigenvalue weighted by atomic mass is 10.0. The highest BCUT2D eigenvalue weighted by molar-refractivity contribution is 6.32. The van der Waals surface area contributed by atoms with Crippen LogP contribution in [0.3, 0.4) is 0 Å². The number of nitrogens with one attached hydrogen (secondary N) is 1. The first-order valence-corrected chi connectivity index (χ1v) is 8.75. The summed E-state index contributed by atoms with van der Waals surface area (Å²) < 4.78 is 11.0. The molecule has 0 aliphatic rings. The van der Waals surface area contributed by atoms with E-state index >= 15 is 0 Å². The standard InChI is InChI=1S/C20H25ClN2O3/c1-14-9-10-16(21)19(11-14)26-13-20(24)22-12-17(23(2)3)15-7-5-6-8-18(15)25-4/h5-11,17H,12-13H2,1-4H3,(H,22,24). The van der Waals surface area contributed by atoms with Crippen LogP contribution in [0.25, 0.3) is 0 Å². The highest BCUT2D eigenvalue weighted by Gasteiger charge is 2.19. The molecule has 2 aromatic carbocycles. The summed E-state index contributed by atoms with van der Waals surface area (Å²) in [5, 5.41) is 3.40. The molecule has 26 heavy (non-hydrogen) atoms. The molecular formula is C20H25ClN2O3. The maximum atomic E-state index is 12.2. The normalized spacial score (nSPS) is 11.9. The Morgan fingerprint density at radius 3 is 2.62 bits per heavy atom. The molecule has 2 rings (SSSR count). The highest BCUT2D eigenvalue weighted by atomic mass is 35.5. The number of halogens is 1. The molecule has 5 nitrogen and oxygen atoms in total. The van der Waals surface area contributed by atoms with Gasteiger partial charge in [0.05, 0.1) is 18.2 Å². The summed E-state index contributed by atoms with van der Waals surface area (Å²) in [7, 11) is 5.57. The van der Waals surface area contributed by atoms with Crippen molar-refractivity contribution in [3.8, 4) is 11.5 Å². The lowest BCUT2D eigenvalue weighted by molar-refractivity contribution is -0.123. The number of amides is 1. The Labute approximate surface area is 159 Å². The van der Waals surface area contributed by atoms with Gasteiger partial charge in [0, 0.05) is 12.1 Å². The van der Waals surface area contributed by atoms with Gasteiger partial charge in [-0.25, -0.2) is 0 Å². The number of aryl methyl sites for hydroxylation is 1. The van der Waals surface area contributed by atoms with E-state index in [1.54, 1.807) is 13.2 Å². The number of nitrogens with zero attached hydrogens (tertiary/aromatic N) is 1. The number of likely N-dealkylation sites (N-methyl/N-ethyl adjacent to an activating group) is 1. The van der Waals surface area contributed by atoms with Gasteiger partial charge in [0.1, 0.15) is 11.5 Å². The molecular weight excluding hydrogens is 352 g/mol. The zero-order valence-corrected chi connectivity index (χ0v) is 16.3. The zero-order valence-electron chi connectivity index (χ0n) is 15.6. The largest absolute Gasteiger partial charge is 0.496 e. The van der Waals surface area contributed by atoms with E-state index in [1.165, 1.54) is 0 Å². The molecule has 1 atom stereocenters. The van der Waals surface area contributed by atoms with Crippen molar-refractivity contribution in [1.82, 2.24) is 10.2 Å². The van der Waals surface area contributed by atoms with E-state index in [4.69, 9.17) is 21.1 Å².